The minimum Gasteiger partial charge on any atom is -0.378 e. The smallest absolute Gasteiger partial charge is 0.0892 e. The average molecular weight is 285 g/mol. The van der Waals surface area contributed by atoms with Gasteiger partial charge in [0, 0.05) is 25.7 Å². The summed E-state index contributed by atoms with van der Waals surface area (Å²) in [6.07, 6.45) is 2.69. The number of hydrogen-bond donors (Lipinski definition) is 0. The van der Waals surface area contributed by atoms with Crippen LogP contribution in [0.3, 0.4) is 0 Å². The first-order chi connectivity index (χ1) is 9.99. The zero-order valence-corrected chi connectivity index (χ0v) is 13.8. The highest BCUT2D eigenvalue weighted by atomic mass is 16.5. The minimum atomic E-state index is 0.219. The molecule has 1 heterocycles. The predicted molar refractivity (Wildman–Crippen MR) is 88.5 cm³/mol. The maximum Gasteiger partial charge on any atom is 0.0892 e. The molecule has 1 aliphatic carbocycles. The van der Waals surface area contributed by atoms with Gasteiger partial charge < -0.3 is 9.64 Å². The Morgan fingerprint density at radius 1 is 1.10 bits per heavy atom. The molecule has 1 fully saturated rings. The summed E-state index contributed by atoms with van der Waals surface area (Å²) in [4.78, 5) is 2.14. The van der Waals surface area contributed by atoms with E-state index in [2.05, 4.69) is 70.1 Å². The second kappa shape index (κ2) is 5.49. The van der Waals surface area contributed by atoms with Gasteiger partial charge in [-0.15, -0.1) is 0 Å². The van der Waals surface area contributed by atoms with Gasteiger partial charge in [-0.1, -0.05) is 37.6 Å². The molecule has 0 amide bonds. The molecular weight excluding hydrogens is 258 g/mol. The van der Waals surface area contributed by atoms with Crippen LogP contribution in [0.15, 0.2) is 35.9 Å². The molecule has 0 saturated carbocycles. The van der Waals surface area contributed by atoms with Gasteiger partial charge in [0.05, 0.1) is 12.7 Å². The van der Waals surface area contributed by atoms with Gasteiger partial charge >= 0.3 is 0 Å². The van der Waals surface area contributed by atoms with Gasteiger partial charge in [0.2, 0.25) is 0 Å². The van der Waals surface area contributed by atoms with E-state index in [1.54, 1.807) is 0 Å². The summed E-state index contributed by atoms with van der Waals surface area (Å²) in [5.74, 6) is 2.56. The lowest BCUT2D eigenvalue weighted by Crippen LogP contribution is -2.42. The van der Waals surface area contributed by atoms with Crippen molar-refractivity contribution in [2.75, 3.05) is 25.6 Å². The molecule has 21 heavy (non-hydrogen) atoms. The standard InChI is InChI=1S/C19H27NO/c1-12-10-13(2)18-14(3)17(12)11-21-19(18)15-6-8-16(9-7-15)20(4)5/h6-10,12,14,17-19H,11H2,1-5H3. The van der Waals surface area contributed by atoms with Crippen molar-refractivity contribution in [3.63, 3.8) is 0 Å². The van der Waals surface area contributed by atoms with E-state index in [0.29, 0.717) is 23.7 Å². The fourth-order valence-electron chi connectivity index (χ4n) is 4.21. The van der Waals surface area contributed by atoms with E-state index >= 15 is 0 Å². The molecule has 1 aromatic rings. The van der Waals surface area contributed by atoms with Crippen LogP contribution in [0.5, 0.6) is 0 Å². The van der Waals surface area contributed by atoms with E-state index < -0.39 is 0 Å². The third-order valence-electron chi connectivity index (χ3n) is 5.50. The van der Waals surface area contributed by atoms with Crippen LogP contribution < -0.4 is 4.90 Å². The van der Waals surface area contributed by atoms with Crippen LogP contribution in [-0.2, 0) is 4.74 Å². The first-order valence-corrected chi connectivity index (χ1v) is 8.06. The molecule has 114 valence electrons. The fourth-order valence-corrected chi connectivity index (χ4v) is 4.21. The van der Waals surface area contributed by atoms with Crippen molar-refractivity contribution in [3.05, 3.63) is 41.5 Å². The maximum absolute atomic E-state index is 6.29. The average Bonchev–Trinajstić information content (AvgIpc) is 2.44. The molecule has 0 aromatic heterocycles. The number of nitrogens with zero attached hydrogens (tertiary/aromatic N) is 1. The molecule has 1 aliphatic heterocycles. The third-order valence-corrected chi connectivity index (χ3v) is 5.50. The first kappa shape index (κ1) is 14.6. The van der Waals surface area contributed by atoms with Crippen molar-refractivity contribution >= 4 is 5.69 Å². The van der Waals surface area contributed by atoms with Crippen LogP contribution in [0.2, 0.25) is 0 Å². The van der Waals surface area contributed by atoms with Crippen molar-refractivity contribution < 1.29 is 4.74 Å². The highest BCUT2D eigenvalue weighted by Crippen LogP contribution is 2.49. The maximum atomic E-state index is 6.29. The SMILES string of the molecule is CC1=CC(C)C2COC(c3ccc(N(C)C)cc3)C1C2C. The highest BCUT2D eigenvalue weighted by molar-refractivity contribution is 5.46. The molecule has 0 radical (unpaired) electrons. The molecule has 2 bridgehead atoms. The Morgan fingerprint density at radius 3 is 2.38 bits per heavy atom. The summed E-state index contributed by atoms with van der Waals surface area (Å²) in [5.41, 5.74) is 4.07. The largest absolute Gasteiger partial charge is 0.378 e. The summed E-state index contributed by atoms with van der Waals surface area (Å²) < 4.78 is 6.29. The second-order valence-corrected chi connectivity index (χ2v) is 7.06. The van der Waals surface area contributed by atoms with E-state index in [1.807, 2.05) is 0 Å². The molecule has 2 heteroatoms. The monoisotopic (exact) mass is 285 g/mol. The zero-order valence-electron chi connectivity index (χ0n) is 13.8. The van der Waals surface area contributed by atoms with Crippen molar-refractivity contribution in [2.45, 2.75) is 26.9 Å². The summed E-state index contributed by atoms with van der Waals surface area (Å²) in [6, 6.07) is 8.86. The molecule has 2 aliphatic rings. The van der Waals surface area contributed by atoms with Gasteiger partial charge in [-0.2, -0.15) is 0 Å². The van der Waals surface area contributed by atoms with E-state index in [4.69, 9.17) is 4.74 Å². The number of hydrogen-bond acceptors (Lipinski definition) is 2. The summed E-state index contributed by atoms with van der Waals surface area (Å²) in [6.45, 7) is 7.91. The van der Waals surface area contributed by atoms with Gasteiger partial charge in [-0.25, -0.2) is 0 Å². The Labute approximate surface area is 128 Å². The number of ether oxygens (including phenoxy) is 1. The fraction of sp³-hybridized carbons (Fsp3) is 0.579. The topological polar surface area (TPSA) is 12.5 Å². The molecule has 1 saturated heterocycles. The number of rotatable bonds is 2. The molecule has 1 aromatic carbocycles. The Hall–Kier alpha value is -1.28. The number of fused-ring (bicyclic) bond motifs is 2. The Balaban J connectivity index is 1.90. The lowest BCUT2D eigenvalue weighted by Gasteiger charge is -2.47. The predicted octanol–water partition coefficient (Wildman–Crippen LogP) is 4.29. The molecule has 0 N–H and O–H groups in total. The molecule has 5 atom stereocenters. The van der Waals surface area contributed by atoms with E-state index in [9.17, 15) is 0 Å². The molecule has 5 unspecified atom stereocenters. The Morgan fingerprint density at radius 2 is 1.76 bits per heavy atom. The van der Waals surface area contributed by atoms with E-state index in [1.165, 1.54) is 16.8 Å². The zero-order chi connectivity index (χ0) is 15.1. The van der Waals surface area contributed by atoms with Crippen LogP contribution in [0, 0.1) is 23.7 Å². The lowest BCUT2D eigenvalue weighted by molar-refractivity contribution is -0.0934. The van der Waals surface area contributed by atoms with Crippen molar-refractivity contribution in [1.82, 2.24) is 0 Å². The minimum absolute atomic E-state index is 0.219. The second-order valence-electron chi connectivity index (χ2n) is 7.06. The van der Waals surface area contributed by atoms with Crippen molar-refractivity contribution in [2.24, 2.45) is 23.7 Å². The number of benzene rings is 1. The van der Waals surface area contributed by atoms with Gasteiger partial charge in [0.1, 0.15) is 0 Å². The Bertz CT molecular complexity index is 531. The van der Waals surface area contributed by atoms with Gasteiger partial charge in [-0.05, 0) is 42.4 Å². The number of anilines is 1. The summed E-state index contributed by atoms with van der Waals surface area (Å²) >= 11 is 0. The van der Waals surface area contributed by atoms with Gasteiger partial charge in [0.15, 0.2) is 0 Å². The van der Waals surface area contributed by atoms with Crippen LogP contribution >= 0.6 is 0 Å². The van der Waals surface area contributed by atoms with Crippen LogP contribution in [0.25, 0.3) is 0 Å². The Kier molecular flexibility index (Phi) is 3.83. The molecule has 0 spiro atoms. The van der Waals surface area contributed by atoms with Gasteiger partial charge in [0.25, 0.3) is 0 Å². The highest BCUT2D eigenvalue weighted by Gasteiger charge is 2.43. The quantitative estimate of drug-likeness (QED) is 0.752. The van der Waals surface area contributed by atoms with Gasteiger partial charge in [-0.3, -0.25) is 0 Å². The molecule has 2 nitrogen and oxygen atoms in total. The lowest BCUT2D eigenvalue weighted by atomic mass is 9.64. The van der Waals surface area contributed by atoms with Crippen molar-refractivity contribution in [3.8, 4) is 0 Å². The summed E-state index contributed by atoms with van der Waals surface area (Å²) in [5, 5.41) is 0. The van der Waals surface area contributed by atoms with E-state index in [-0.39, 0.29) is 6.10 Å². The first-order valence-electron chi connectivity index (χ1n) is 8.06. The van der Waals surface area contributed by atoms with Crippen molar-refractivity contribution in [1.29, 1.82) is 0 Å². The van der Waals surface area contributed by atoms with E-state index in [0.717, 1.165) is 6.61 Å². The molecular formula is C19H27NO. The van der Waals surface area contributed by atoms with Crippen LogP contribution in [-0.4, -0.2) is 20.7 Å². The number of allylic oxidation sites excluding steroid dienone is 1. The normalized spacial score (nSPS) is 35.3. The van der Waals surface area contributed by atoms with Crippen LogP contribution in [0.1, 0.15) is 32.4 Å². The molecule has 3 rings (SSSR count). The summed E-state index contributed by atoms with van der Waals surface area (Å²) in [7, 11) is 4.16. The van der Waals surface area contributed by atoms with Crippen LogP contribution in [0.4, 0.5) is 5.69 Å². The third kappa shape index (κ3) is 2.50.